The highest BCUT2D eigenvalue weighted by molar-refractivity contribution is 5.76. The number of hydrogen-bond donors (Lipinski definition) is 2. The van der Waals surface area contributed by atoms with E-state index in [1.54, 1.807) is 6.20 Å². The highest BCUT2D eigenvalue weighted by Gasteiger charge is 2.10. The number of nitrogens with one attached hydrogen (secondary N) is 1. The van der Waals surface area contributed by atoms with Crippen LogP contribution in [0.1, 0.15) is 16.7 Å². The van der Waals surface area contributed by atoms with Crippen molar-refractivity contribution in [2.24, 2.45) is 0 Å². The summed E-state index contributed by atoms with van der Waals surface area (Å²) in [4.78, 5) is 8.60. The van der Waals surface area contributed by atoms with E-state index in [0.717, 1.165) is 33.5 Å². The fourth-order valence-electron chi connectivity index (χ4n) is 3.41. The van der Waals surface area contributed by atoms with E-state index in [-0.39, 0.29) is 0 Å². The van der Waals surface area contributed by atoms with E-state index in [0.29, 0.717) is 24.4 Å². The van der Waals surface area contributed by atoms with Crippen LogP contribution in [-0.2, 0) is 13.0 Å². The molecule has 0 bridgehead atoms. The summed E-state index contributed by atoms with van der Waals surface area (Å²) >= 11 is 0. The minimum absolute atomic E-state index is 0.431. The zero-order chi connectivity index (χ0) is 19.6. The van der Waals surface area contributed by atoms with Crippen molar-refractivity contribution in [1.29, 1.82) is 0 Å². The van der Waals surface area contributed by atoms with Gasteiger partial charge < -0.3 is 5.73 Å². The first kappa shape index (κ1) is 17.1. The smallest absolute Gasteiger partial charge is 0.203 e. The number of aromatic amines is 1. The standard InChI is InChI=1S/C21H18N8/c22-19-10-17(20-21(25-19)27-28-26-20)9-15-11-24-29(13-15)12-14-4-3-5-16(8-14)18-6-1-2-7-23-18/h1-8,10-11,13H,9,12H2,(H3,22,25,26,27,28). The summed E-state index contributed by atoms with van der Waals surface area (Å²) < 4.78 is 1.93. The number of nitrogen functional groups attached to an aromatic ring is 1. The number of nitrogens with zero attached hydrogens (tertiary/aromatic N) is 6. The molecule has 0 spiro atoms. The van der Waals surface area contributed by atoms with Crippen LogP contribution in [0.3, 0.4) is 0 Å². The van der Waals surface area contributed by atoms with E-state index in [1.807, 2.05) is 47.4 Å². The topological polar surface area (TPSA) is 111 Å². The number of anilines is 1. The number of rotatable bonds is 5. The summed E-state index contributed by atoms with van der Waals surface area (Å²) in [7, 11) is 0. The first-order valence-corrected chi connectivity index (χ1v) is 9.22. The lowest BCUT2D eigenvalue weighted by molar-refractivity contribution is 0.686. The van der Waals surface area contributed by atoms with Gasteiger partial charge in [-0.3, -0.25) is 9.67 Å². The second kappa shape index (κ2) is 7.16. The van der Waals surface area contributed by atoms with E-state index >= 15 is 0 Å². The third kappa shape index (κ3) is 3.55. The van der Waals surface area contributed by atoms with Crippen molar-refractivity contribution >= 4 is 17.0 Å². The molecule has 0 radical (unpaired) electrons. The summed E-state index contributed by atoms with van der Waals surface area (Å²) in [5.74, 6) is 0.431. The van der Waals surface area contributed by atoms with Crippen LogP contribution in [0.15, 0.2) is 67.1 Å². The third-order valence-electron chi connectivity index (χ3n) is 4.70. The number of hydrogen-bond acceptors (Lipinski definition) is 6. The van der Waals surface area contributed by atoms with Gasteiger partial charge in [-0.2, -0.15) is 15.4 Å². The summed E-state index contributed by atoms with van der Waals surface area (Å²) in [6.45, 7) is 0.679. The van der Waals surface area contributed by atoms with Gasteiger partial charge >= 0.3 is 0 Å². The van der Waals surface area contributed by atoms with Crippen molar-refractivity contribution in [2.45, 2.75) is 13.0 Å². The quantitative estimate of drug-likeness (QED) is 0.483. The van der Waals surface area contributed by atoms with Crippen LogP contribution in [0.4, 0.5) is 5.82 Å². The van der Waals surface area contributed by atoms with Gasteiger partial charge in [0.1, 0.15) is 11.3 Å². The molecule has 0 aliphatic rings. The summed E-state index contributed by atoms with van der Waals surface area (Å²) in [5.41, 5.74) is 12.4. The van der Waals surface area contributed by atoms with Crippen molar-refractivity contribution in [2.75, 3.05) is 5.73 Å². The van der Waals surface area contributed by atoms with Crippen molar-refractivity contribution in [3.63, 3.8) is 0 Å². The average molecular weight is 382 g/mol. The van der Waals surface area contributed by atoms with Crippen LogP contribution >= 0.6 is 0 Å². The van der Waals surface area contributed by atoms with Gasteiger partial charge in [0.2, 0.25) is 5.65 Å². The number of pyridine rings is 2. The first-order chi connectivity index (χ1) is 14.2. The molecule has 5 aromatic rings. The maximum absolute atomic E-state index is 5.89. The zero-order valence-electron chi connectivity index (χ0n) is 15.5. The maximum atomic E-state index is 5.89. The minimum Gasteiger partial charge on any atom is -0.384 e. The van der Waals surface area contributed by atoms with Crippen LogP contribution in [0, 0.1) is 0 Å². The molecular weight excluding hydrogens is 364 g/mol. The van der Waals surface area contributed by atoms with Crippen LogP contribution in [0.25, 0.3) is 22.4 Å². The molecule has 29 heavy (non-hydrogen) atoms. The fourth-order valence-corrected chi connectivity index (χ4v) is 3.41. The van der Waals surface area contributed by atoms with Crippen molar-refractivity contribution < 1.29 is 0 Å². The van der Waals surface area contributed by atoms with E-state index in [9.17, 15) is 0 Å². The van der Waals surface area contributed by atoms with Gasteiger partial charge in [0.25, 0.3) is 0 Å². The minimum atomic E-state index is 0.431. The zero-order valence-corrected chi connectivity index (χ0v) is 15.5. The van der Waals surface area contributed by atoms with Gasteiger partial charge in [0.15, 0.2) is 0 Å². The van der Waals surface area contributed by atoms with Crippen molar-refractivity contribution in [3.8, 4) is 11.3 Å². The average Bonchev–Trinajstić information content (AvgIpc) is 3.38. The van der Waals surface area contributed by atoms with Crippen LogP contribution in [0.5, 0.6) is 0 Å². The number of aromatic nitrogens is 7. The summed E-state index contributed by atoms with van der Waals surface area (Å²) in [5, 5.41) is 15.3. The molecule has 142 valence electrons. The summed E-state index contributed by atoms with van der Waals surface area (Å²) in [6, 6.07) is 16.1. The van der Waals surface area contributed by atoms with E-state index in [4.69, 9.17) is 5.73 Å². The molecule has 8 heteroatoms. The normalized spacial score (nSPS) is 11.2. The van der Waals surface area contributed by atoms with Crippen LogP contribution in [-0.4, -0.2) is 35.2 Å². The SMILES string of the molecule is Nc1cc(Cc2cnn(Cc3cccc(-c4ccccn4)c3)c2)c2n[nH]nc2n1. The summed E-state index contributed by atoms with van der Waals surface area (Å²) in [6.07, 6.45) is 6.37. The molecule has 1 aromatic carbocycles. The van der Waals surface area contributed by atoms with Crippen LogP contribution in [0.2, 0.25) is 0 Å². The van der Waals surface area contributed by atoms with Gasteiger partial charge in [-0.25, -0.2) is 4.98 Å². The Kier molecular flexibility index (Phi) is 4.21. The Morgan fingerprint density at radius 2 is 1.97 bits per heavy atom. The molecule has 0 fully saturated rings. The molecular formula is C21H18N8. The van der Waals surface area contributed by atoms with Gasteiger partial charge in [-0.05, 0) is 41.0 Å². The molecule has 5 rings (SSSR count). The Morgan fingerprint density at radius 3 is 2.86 bits per heavy atom. The van der Waals surface area contributed by atoms with Gasteiger partial charge in [-0.1, -0.05) is 24.3 Å². The highest BCUT2D eigenvalue weighted by atomic mass is 15.3. The number of H-pyrrole nitrogens is 1. The monoisotopic (exact) mass is 382 g/mol. The fraction of sp³-hybridized carbons (Fsp3) is 0.0952. The van der Waals surface area contributed by atoms with Gasteiger partial charge in [0, 0.05) is 24.4 Å². The van der Waals surface area contributed by atoms with E-state index < -0.39 is 0 Å². The molecule has 0 saturated heterocycles. The Morgan fingerprint density at radius 1 is 1.00 bits per heavy atom. The largest absolute Gasteiger partial charge is 0.384 e. The molecule has 0 unspecified atom stereocenters. The Hall–Kier alpha value is -4.07. The molecule has 4 aromatic heterocycles. The third-order valence-corrected chi connectivity index (χ3v) is 4.70. The molecule has 0 aliphatic heterocycles. The molecule has 0 atom stereocenters. The lowest BCUT2D eigenvalue weighted by atomic mass is 10.1. The Balaban J connectivity index is 1.36. The lowest BCUT2D eigenvalue weighted by Crippen LogP contribution is -2.00. The predicted molar refractivity (Wildman–Crippen MR) is 110 cm³/mol. The molecule has 0 amide bonds. The second-order valence-electron chi connectivity index (χ2n) is 6.84. The van der Waals surface area contributed by atoms with E-state index in [1.165, 1.54) is 0 Å². The maximum Gasteiger partial charge on any atom is 0.203 e. The molecule has 4 heterocycles. The second-order valence-corrected chi connectivity index (χ2v) is 6.84. The number of fused-ring (bicyclic) bond motifs is 1. The molecule has 0 saturated carbocycles. The van der Waals surface area contributed by atoms with E-state index in [2.05, 4.69) is 48.7 Å². The molecule has 8 nitrogen and oxygen atoms in total. The first-order valence-electron chi connectivity index (χ1n) is 9.22. The van der Waals surface area contributed by atoms with Gasteiger partial charge in [-0.15, -0.1) is 5.10 Å². The Bertz CT molecular complexity index is 1270. The highest BCUT2D eigenvalue weighted by Crippen LogP contribution is 2.20. The van der Waals surface area contributed by atoms with Crippen LogP contribution < -0.4 is 5.73 Å². The lowest BCUT2D eigenvalue weighted by Gasteiger charge is -2.05. The van der Waals surface area contributed by atoms with Crippen molar-refractivity contribution in [1.82, 2.24) is 35.2 Å². The Labute approximate surface area is 166 Å². The predicted octanol–water partition coefficient (Wildman–Crippen LogP) is 2.83. The van der Waals surface area contributed by atoms with Crippen molar-refractivity contribution in [3.05, 3.63) is 83.8 Å². The van der Waals surface area contributed by atoms with Gasteiger partial charge in [0.05, 0.1) is 18.4 Å². The number of benzene rings is 1. The molecule has 3 N–H and O–H groups in total. The molecule has 0 aliphatic carbocycles. The number of nitrogens with two attached hydrogens (primary N) is 1.